The number of nitrogens with zero attached hydrogens (tertiary/aromatic N) is 1. The van der Waals surface area contributed by atoms with Crippen LogP contribution in [0, 0.1) is 5.92 Å². The van der Waals surface area contributed by atoms with E-state index in [0.29, 0.717) is 6.54 Å². The molecule has 2 aliphatic heterocycles. The molecule has 0 saturated carbocycles. The highest BCUT2D eigenvalue weighted by Crippen LogP contribution is 2.32. The van der Waals surface area contributed by atoms with E-state index in [4.69, 9.17) is 9.47 Å². The van der Waals surface area contributed by atoms with Crippen LogP contribution in [0.15, 0.2) is 18.2 Å². The van der Waals surface area contributed by atoms with E-state index < -0.39 is 5.60 Å². The van der Waals surface area contributed by atoms with E-state index in [1.54, 1.807) is 4.90 Å². The summed E-state index contributed by atoms with van der Waals surface area (Å²) in [6.45, 7) is 9.42. The number of amides is 1. The molecular weight excluding hydrogens is 340 g/mol. The van der Waals surface area contributed by atoms with E-state index in [9.17, 15) is 4.79 Å². The lowest BCUT2D eigenvalue weighted by Crippen LogP contribution is -2.39. The predicted molar refractivity (Wildman–Crippen MR) is 109 cm³/mol. The summed E-state index contributed by atoms with van der Waals surface area (Å²) < 4.78 is 11.6. The van der Waals surface area contributed by atoms with Crippen LogP contribution in [0.2, 0.25) is 0 Å². The Kier molecular flexibility index (Phi) is 6.64. The van der Waals surface area contributed by atoms with Crippen LogP contribution in [-0.4, -0.2) is 37.9 Å². The van der Waals surface area contributed by atoms with Crippen LogP contribution in [0.4, 0.5) is 10.5 Å². The second kappa shape index (κ2) is 8.96. The summed E-state index contributed by atoms with van der Waals surface area (Å²) in [5.41, 5.74) is 1.63. The minimum absolute atomic E-state index is 0.273. The lowest BCUT2D eigenvalue weighted by atomic mass is 9.95. The fraction of sp³-hybridized carbons (Fsp3) is 0.682. The highest BCUT2D eigenvalue weighted by molar-refractivity contribution is 5.89. The SMILES string of the molecule is CC(C)(C)OC(=O)N1CCCc2ccc(OCCCC3CCCNC3)cc21. The first-order chi connectivity index (χ1) is 12.9. The van der Waals surface area contributed by atoms with Crippen molar-refractivity contribution in [1.82, 2.24) is 5.32 Å². The largest absolute Gasteiger partial charge is 0.494 e. The predicted octanol–water partition coefficient (Wildman–Crippen LogP) is 4.53. The maximum Gasteiger partial charge on any atom is 0.414 e. The first kappa shape index (κ1) is 20.0. The number of fused-ring (bicyclic) bond motifs is 1. The van der Waals surface area contributed by atoms with Gasteiger partial charge in [0, 0.05) is 12.6 Å². The van der Waals surface area contributed by atoms with Gasteiger partial charge in [-0.05, 0) is 89.9 Å². The number of anilines is 1. The summed E-state index contributed by atoms with van der Waals surface area (Å²) in [4.78, 5) is 14.3. The van der Waals surface area contributed by atoms with Crippen molar-refractivity contribution in [3.05, 3.63) is 23.8 Å². The zero-order valence-corrected chi connectivity index (χ0v) is 17.1. The highest BCUT2D eigenvalue weighted by Gasteiger charge is 2.27. The Morgan fingerprint density at radius 1 is 1.30 bits per heavy atom. The number of ether oxygens (including phenoxy) is 2. The fourth-order valence-electron chi connectivity index (χ4n) is 3.88. The molecule has 1 saturated heterocycles. The van der Waals surface area contributed by atoms with Crippen LogP contribution in [0.1, 0.15) is 58.4 Å². The van der Waals surface area contributed by atoms with Gasteiger partial charge in [0.05, 0.1) is 12.3 Å². The second-order valence-electron chi connectivity index (χ2n) is 8.73. The number of hydrogen-bond donors (Lipinski definition) is 1. The van der Waals surface area contributed by atoms with Gasteiger partial charge in [-0.15, -0.1) is 0 Å². The molecule has 1 unspecified atom stereocenters. The molecule has 27 heavy (non-hydrogen) atoms. The maximum absolute atomic E-state index is 12.6. The second-order valence-corrected chi connectivity index (χ2v) is 8.73. The molecule has 5 nitrogen and oxygen atoms in total. The summed E-state index contributed by atoms with van der Waals surface area (Å²) in [6, 6.07) is 6.12. The number of nitrogens with one attached hydrogen (secondary N) is 1. The number of aryl methyl sites for hydroxylation is 1. The van der Waals surface area contributed by atoms with Gasteiger partial charge in [-0.2, -0.15) is 0 Å². The zero-order valence-electron chi connectivity index (χ0n) is 17.1. The average Bonchev–Trinajstić information content (AvgIpc) is 2.64. The number of rotatable bonds is 5. The van der Waals surface area contributed by atoms with Crippen molar-refractivity contribution in [3.63, 3.8) is 0 Å². The molecule has 0 spiro atoms. The van der Waals surface area contributed by atoms with Crippen molar-refractivity contribution in [3.8, 4) is 5.75 Å². The molecule has 0 bridgehead atoms. The van der Waals surface area contributed by atoms with Gasteiger partial charge in [-0.3, -0.25) is 4.90 Å². The third-order valence-corrected chi connectivity index (χ3v) is 5.21. The lowest BCUT2D eigenvalue weighted by Gasteiger charge is -2.32. The van der Waals surface area contributed by atoms with Gasteiger partial charge >= 0.3 is 6.09 Å². The van der Waals surface area contributed by atoms with E-state index in [1.807, 2.05) is 32.9 Å². The summed E-state index contributed by atoms with van der Waals surface area (Å²) in [5, 5.41) is 3.47. The normalized spacial score (nSPS) is 20.1. The molecule has 2 heterocycles. The van der Waals surface area contributed by atoms with Crippen LogP contribution in [0.5, 0.6) is 5.75 Å². The first-order valence-electron chi connectivity index (χ1n) is 10.4. The monoisotopic (exact) mass is 374 g/mol. The number of carbonyl (C=O) groups is 1. The quantitative estimate of drug-likeness (QED) is 0.769. The van der Waals surface area contributed by atoms with Gasteiger partial charge in [-0.25, -0.2) is 4.79 Å². The molecule has 0 aliphatic carbocycles. The molecule has 0 aromatic heterocycles. The standard InChI is InChI=1S/C22H34N2O3/c1-22(2,3)27-21(25)24-13-5-9-18-10-11-19(15-20(18)24)26-14-6-8-17-7-4-12-23-16-17/h10-11,15,17,23H,4-9,12-14,16H2,1-3H3. The van der Waals surface area contributed by atoms with Crippen LogP contribution < -0.4 is 15.0 Å². The van der Waals surface area contributed by atoms with E-state index >= 15 is 0 Å². The Labute approximate surface area is 163 Å². The molecule has 2 aliphatic rings. The molecule has 0 radical (unpaired) electrons. The van der Waals surface area contributed by atoms with Crippen molar-refractivity contribution in [2.24, 2.45) is 5.92 Å². The molecule has 1 N–H and O–H groups in total. The van der Waals surface area contributed by atoms with E-state index in [-0.39, 0.29) is 6.09 Å². The van der Waals surface area contributed by atoms with Crippen molar-refractivity contribution >= 4 is 11.8 Å². The molecule has 150 valence electrons. The highest BCUT2D eigenvalue weighted by atomic mass is 16.6. The summed E-state index contributed by atoms with van der Waals surface area (Å²) in [7, 11) is 0. The van der Waals surface area contributed by atoms with E-state index in [1.165, 1.54) is 24.8 Å². The summed E-state index contributed by atoms with van der Waals surface area (Å²) in [6.07, 6.45) is 6.57. The average molecular weight is 375 g/mol. The topological polar surface area (TPSA) is 50.8 Å². The Balaban J connectivity index is 1.57. The van der Waals surface area contributed by atoms with Crippen LogP contribution in [0.25, 0.3) is 0 Å². The first-order valence-corrected chi connectivity index (χ1v) is 10.4. The molecule has 5 heteroatoms. The summed E-state index contributed by atoms with van der Waals surface area (Å²) >= 11 is 0. The maximum atomic E-state index is 12.6. The molecule has 1 aromatic rings. The van der Waals surface area contributed by atoms with Gasteiger partial charge < -0.3 is 14.8 Å². The van der Waals surface area contributed by atoms with E-state index in [0.717, 1.165) is 56.3 Å². The molecule has 1 atom stereocenters. The summed E-state index contributed by atoms with van der Waals surface area (Å²) in [5.74, 6) is 1.62. The minimum Gasteiger partial charge on any atom is -0.494 e. The zero-order chi connectivity index (χ0) is 19.3. The number of piperidine rings is 1. The number of benzene rings is 1. The van der Waals surface area contributed by atoms with Gasteiger partial charge in [0.2, 0.25) is 0 Å². The lowest BCUT2D eigenvalue weighted by molar-refractivity contribution is 0.0578. The Morgan fingerprint density at radius 3 is 2.89 bits per heavy atom. The molecule has 3 rings (SSSR count). The Hall–Kier alpha value is -1.75. The van der Waals surface area contributed by atoms with Crippen LogP contribution in [0.3, 0.4) is 0 Å². The van der Waals surface area contributed by atoms with Gasteiger partial charge in [0.25, 0.3) is 0 Å². The van der Waals surface area contributed by atoms with Crippen LogP contribution >= 0.6 is 0 Å². The molecule has 1 fully saturated rings. The van der Waals surface area contributed by atoms with Crippen molar-refractivity contribution < 1.29 is 14.3 Å². The smallest absolute Gasteiger partial charge is 0.414 e. The third kappa shape index (κ3) is 5.86. The van der Waals surface area contributed by atoms with Gasteiger partial charge in [-0.1, -0.05) is 6.07 Å². The third-order valence-electron chi connectivity index (χ3n) is 5.21. The van der Waals surface area contributed by atoms with Gasteiger partial charge in [0.15, 0.2) is 0 Å². The van der Waals surface area contributed by atoms with E-state index in [2.05, 4.69) is 11.4 Å². The number of hydrogen-bond acceptors (Lipinski definition) is 4. The Morgan fingerprint density at radius 2 is 2.15 bits per heavy atom. The molecule has 1 aromatic carbocycles. The minimum atomic E-state index is -0.489. The Bertz CT molecular complexity index is 633. The fourth-order valence-corrected chi connectivity index (χ4v) is 3.88. The molecule has 1 amide bonds. The van der Waals surface area contributed by atoms with Crippen molar-refractivity contribution in [2.45, 2.75) is 64.9 Å². The van der Waals surface area contributed by atoms with Gasteiger partial charge in [0.1, 0.15) is 11.4 Å². The van der Waals surface area contributed by atoms with Crippen molar-refractivity contribution in [1.29, 1.82) is 0 Å². The molecular formula is C22H34N2O3. The number of carbonyl (C=O) groups excluding carboxylic acids is 1. The van der Waals surface area contributed by atoms with Crippen molar-refractivity contribution in [2.75, 3.05) is 31.1 Å². The van der Waals surface area contributed by atoms with Crippen LogP contribution in [-0.2, 0) is 11.2 Å².